The molecule has 2 amide bonds. The molecule has 1 aromatic heterocycles. The topological polar surface area (TPSA) is 71.4 Å². The van der Waals surface area contributed by atoms with Gasteiger partial charge in [0.2, 0.25) is 0 Å². The van der Waals surface area contributed by atoms with Crippen molar-refractivity contribution in [3.8, 4) is 0 Å². The van der Waals surface area contributed by atoms with Gasteiger partial charge in [0.05, 0.1) is 18.0 Å². The molecular weight excluding hydrogens is 363 g/mol. The molecule has 0 bridgehead atoms. The molecule has 152 valence electrons. The summed E-state index contributed by atoms with van der Waals surface area (Å²) < 4.78 is 46.0. The third-order valence-corrected chi connectivity index (χ3v) is 5.43. The number of hydrogen-bond acceptors (Lipinski definition) is 4. The molecule has 7 nitrogen and oxygen atoms in total. The van der Waals surface area contributed by atoms with Gasteiger partial charge in [-0.15, -0.1) is 0 Å². The Morgan fingerprint density at radius 3 is 2.78 bits per heavy atom. The van der Waals surface area contributed by atoms with Crippen molar-refractivity contribution < 1.29 is 22.7 Å². The highest BCUT2D eigenvalue weighted by Gasteiger charge is 2.40. The molecule has 2 N–H and O–H groups in total. The van der Waals surface area contributed by atoms with Crippen molar-refractivity contribution in [2.75, 3.05) is 25.5 Å². The number of anilines is 1. The number of methoxy groups -OCH3 is 1. The molecule has 1 unspecified atom stereocenters. The molecule has 2 heterocycles. The van der Waals surface area contributed by atoms with Gasteiger partial charge in [0.1, 0.15) is 0 Å². The lowest BCUT2D eigenvalue weighted by Crippen LogP contribution is -2.49. The van der Waals surface area contributed by atoms with Crippen LogP contribution in [0.3, 0.4) is 0 Å². The van der Waals surface area contributed by atoms with Gasteiger partial charge in [-0.2, -0.15) is 18.3 Å². The largest absolute Gasteiger partial charge is 0.435 e. The van der Waals surface area contributed by atoms with Crippen LogP contribution in [0.4, 0.5) is 23.7 Å². The molecule has 1 aromatic rings. The summed E-state index contributed by atoms with van der Waals surface area (Å²) in [6.07, 6.45) is 0.365. The van der Waals surface area contributed by atoms with E-state index in [4.69, 9.17) is 4.74 Å². The first kappa shape index (κ1) is 19.9. The minimum Gasteiger partial charge on any atom is -0.380 e. The SMILES string of the molecule is CCn1ncc(NC(=O)N[C@@H]2CCC[C@@H]2N2CCC(OC)C2)c1C(F)(F)F. The van der Waals surface area contributed by atoms with Crippen LogP contribution in [0.5, 0.6) is 0 Å². The standard InChI is InChI=1S/C17H26F3N5O2/c1-3-25-15(17(18,19)20)13(9-21-25)23-16(26)22-12-5-4-6-14(12)24-8-7-11(10-24)27-2/h9,11-12,14H,3-8,10H2,1-2H3,(H2,22,23,26)/t11?,12-,14+/m1/s1. The van der Waals surface area contributed by atoms with Crippen LogP contribution >= 0.6 is 0 Å². The maximum atomic E-state index is 13.3. The fraction of sp³-hybridized carbons (Fsp3) is 0.765. The Morgan fingerprint density at radius 1 is 1.37 bits per heavy atom. The minimum absolute atomic E-state index is 0.0679. The average Bonchev–Trinajstić information content (AvgIpc) is 3.32. The van der Waals surface area contributed by atoms with Crippen LogP contribution < -0.4 is 10.6 Å². The molecule has 0 aromatic carbocycles. The summed E-state index contributed by atoms with van der Waals surface area (Å²) >= 11 is 0. The Bertz CT molecular complexity index is 663. The van der Waals surface area contributed by atoms with Crippen LogP contribution in [0, 0.1) is 0 Å². The number of carbonyl (C=O) groups is 1. The van der Waals surface area contributed by atoms with Crippen LogP contribution in [-0.2, 0) is 17.5 Å². The summed E-state index contributed by atoms with van der Waals surface area (Å²) in [6.45, 7) is 3.37. The van der Waals surface area contributed by atoms with Gasteiger partial charge in [0.25, 0.3) is 0 Å². The first-order chi connectivity index (χ1) is 12.8. The van der Waals surface area contributed by atoms with Crippen molar-refractivity contribution in [1.82, 2.24) is 20.0 Å². The molecule has 1 saturated carbocycles. The zero-order chi connectivity index (χ0) is 19.6. The molecule has 10 heteroatoms. The number of halogens is 3. The van der Waals surface area contributed by atoms with Crippen molar-refractivity contribution in [3.05, 3.63) is 11.9 Å². The number of nitrogens with one attached hydrogen (secondary N) is 2. The Balaban J connectivity index is 1.63. The van der Waals surface area contributed by atoms with E-state index in [2.05, 4.69) is 20.6 Å². The molecule has 0 radical (unpaired) electrons. The van der Waals surface area contributed by atoms with Crippen LogP contribution in [0.2, 0.25) is 0 Å². The Labute approximate surface area is 156 Å². The normalized spacial score (nSPS) is 26.5. The molecule has 3 atom stereocenters. The number of ether oxygens (including phenoxy) is 1. The van der Waals surface area contributed by atoms with Gasteiger partial charge >= 0.3 is 12.2 Å². The molecule has 3 rings (SSSR count). The van der Waals surface area contributed by atoms with Crippen LogP contribution in [0.1, 0.15) is 38.3 Å². The van der Waals surface area contributed by atoms with E-state index in [1.54, 1.807) is 14.0 Å². The number of carbonyl (C=O) groups excluding carboxylic acids is 1. The van der Waals surface area contributed by atoms with Gasteiger partial charge in [-0.3, -0.25) is 9.58 Å². The Morgan fingerprint density at radius 2 is 2.15 bits per heavy atom. The number of amides is 2. The zero-order valence-electron chi connectivity index (χ0n) is 15.6. The molecule has 27 heavy (non-hydrogen) atoms. The van der Waals surface area contributed by atoms with Crippen molar-refractivity contribution >= 4 is 11.7 Å². The van der Waals surface area contributed by atoms with Crippen molar-refractivity contribution in [2.24, 2.45) is 0 Å². The summed E-state index contributed by atoms with van der Waals surface area (Å²) in [7, 11) is 1.70. The van der Waals surface area contributed by atoms with E-state index in [-0.39, 0.29) is 30.4 Å². The number of nitrogens with zero attached hydrogens (tertiary/aromatic N) is 3. The van der Waals surface area contributed by atoms with Gasteiger partial charge in [-0.25, -0.2) is 4.79 Å². The fourth-order valence-corrected chi connectivity index (χ4v) is 4.14. The van der Waals surface area contributed by atoms with E-state index < -0.39 is 17.9 Å². The maximum absolute atomic E-state index is 13.3. The van der Waals surface area contributed by atoms with E-state index in [1.807, 2.05) is 0 Å². The summed E-state index contributed by atoms with van der Waals surface area (Å²) in [5.74, 6) is 0. The van der Waals surface area contributed by atoms with Crippen molar-refractivity contribution in [2.45, 2.75) is 63.5 Å². The molecular formula is C17H26F3N5O2. The lowest BCUT2D eigenvalue weighted by atomic mass is 10.1. The number of hydrogen-bond donors (Lipinski definition) is 2. The molecule has 1 saturated heterocycles. The number of aryl methyl sites for hydroxylation is 1. The van der Waals surface area contributed by atoms with E-state index in [0.717, 1.165) is 49.7 Å². The molecule has 2 aliphatic rings. The summed E-state index contributed by atoms with van der Waals surface area (Å²) in [6, 6.07) is -0.525. The van der Waals surface area contributed by atoms with Crippen molar-refractivity contribution in [3.63, 3.8) is 0 Å². The molecule has 1 aliphatic heterocycles. The minimum atomic E-state index is -4.59. The van der Waals surface area contributed by atoms with Gasteiger partial charge < -0.3 is 15.4 Å². The lowest BCUT2D eigenvalue weighted by Gasteiger charge is -2.30. The number of urea groups is 1. The fourth-order valence-electron chi connectivity index (χ4n) is 4.14. The second-order valence-corrected chi connectivity index (χ2v) is 7.06. The van der Waals surface area contributed by atoms with Crippen LogP contribution in [-0.4, -0.2) is 59.1 Å². The summed E-state index contributed by atoms with van der Waals surface area (Å²) in [4.78, 5) is 14.7. The predicted molar refractivity (Wildman–Crippen MR) is 93.5 cm³/mol. The third kappa shape index (κ3) is 4.37. The quantitative estimate of drug-likeness (QED) is 0.812. The number of rotatable bonds is 5. The Kier molecular flexibility index (Phi) is 5.95. The van der Waals surface area contributed by atoms with Gasteiger partial charge in [-0.1, -0.05) is 0 Å². The first-order valence-corrected chi connectivity index (χ1v) is 9.30. The van der Waals surface area contributed by atoms with Gasteiger partial charge in [0, 0.05) is 38.8 Å². The van der Waals surface area contributed by atoms with E-state index in [9.17, 15) is 18.0 Å². The van der Waals surface area contributed by atoms with Crippen molar-refractivity contribution in [1.29, 1.82) is 0 Å². The lowest BCUT2D eigenvalue weighted by molar-refractivity contribution is -0.143. The highest BCUT2D eigenvalue weighted by atomic mass is 19.4. The summed E-state index contributed by atoms with van der Waals surface area (Å²) in [5.41, 5.74) is -1.26. The van der Waals surface area contributed by atoms with Crippen LogP contribution in [0.25, 0.3) is 0 Å². The Hall–Kier alpha value is -1.81. The first-order valence-electron chi connectivity index (χ1n) is 9.30. The molecule has 2 fully saturated rings. The predicted octanol–water partition coefficient (Wildman–Crippen LogP) is 2.69. The highest BCUT2D eigenvalue weighted by molar-refractivity contribution is 5.90. The molecule has 1 aliphatic carbocycles. The van der Waals surface area contributed by atoms with E-state index in [1.165, 1.54) is 0 Å². The maximum Gasteiger partial charge on any atom is 0.435 e. The monoisotopic (exact) mass is 389 g/mol. The third-order valence-electron chi connectivity index (χ3n) is 5.43. The van der Waals surface area contributed by atoms with E-state index >= 15 is 0 Å². The van der Waals surface area contributed by atoms with E-state index in [0.29, 0.717) is 0 Å². The number of alkyl halides is 3. The second-order valence-electron chi connectivity index (χ2n) is 7.06. The average molecular weight is 389 g/mol. The van der Waals surface area contributed by atoms with Gasteiger partial charge in [0.15, 0.2) is 5.69 Å². The number of aromatic nitrogens is 2. The van der Waals surface area contributed by atoms with Gasteiger partial charge in [-0.05, 0) is 32.6 Å². The highest BCUT2D eigenvalue weighted by Crippen LogP contribution is 2.35. The molecule has 0 spiro atoms. The second kappa shape index (κ2) is 8.05. The van der Waals surface area contributed by atoms with Crippen LogP contribution in [0.15, 0.2) is 6.20 Å². The summed E-state index contributed by atoms with van der Waals surface area (Å²) in [5, 5.41) is 8.90. The smallest absolute Gasteiger partial charge is 0.380 e. The number of likely N-dealkylation sites (tertiary alicyclic amines) is 1. The zero-order valence-corrected chi connectivity index (χ0v) is 15.6.